The van der Waals surface area contributed by atoms with E-state index in [1.807, 2.05) is 36.8 Å². The van der Waals surface area contributed by atoms with Gasteiger partial charge < -0.3 is 25.2 Å². The molecule has 1 aliphatic heterocycles. The van der Waals surface area contributed by atoms with Crippen molar-refractivity contribution in [2.75, 3.05) is 64.1 Å². The van der Waals surface area contributed by atoms with Gasteiger partial charge in [-0.15, -0.1) is 0 Å². The van der Waals surface area contributed by atoms with Crippen LogP contribution in [0, 0.1) is 6.92 Å². The number of aromatic nitrogens is 4. The normalized spacial score (nSPS) is 14.7. The molecule has 31 heavy (non-hydrogen) atoms. The van der Waals surface area contributed by atoms with E-state index < -0.39 is 0 Å². The molecule has 10 nitrogen and oxygen atoms in total. The number of hydrogen-bond acceptors (Lipinski definition) is 8. The number of hydrogen-bond donors (Lipinski definition) is 2. The number of carbonyl (C=O) groups is 1. The predicted octanol–water partition coefficient (Wildman–Crippen LogP) is 2.10. The van der Waals surface area contributed by atoms with Crippen molar-refractivity contribution in [2.24, 2.45) is 0 Å². The lowest BCUT2D eigenvalue weighted by Gasteiger charge is -2.19. The number of nitrogens with zero attached hydrogens (tertiary/aromatic N) is 6. The average Bonchev–Trinajstić information content (AvgIpc) is 2.94. The summed E-state index contributed by atoms with van der Waals surface area (Å²) in [5, 5.41) is 11.1. The standard InChI is InChI=1S/C20H31BrN8O2/c1-15-17(14-29(26-15)9-8-27(2)3)24-20-23-13-16(21)19(25-20)22-6-4-7-28-10-12-31-11-5-18(28)30/h13-14H,4-12H2,1-3H3,(H2,22,23,24,25). The Morgan fingerprint density at radius 3 is 2.94 bits per heavy atom. The Hall–Kier alpha value is -2.24. The molecule has 1 aliphatic rings. The maximum atomic E-state index is 12.0. The molecule has 1 saturated heterocycles. The van der Waals surface area contributed by atoms with Gasteiger partial charge >= 0.3 is 0 Å². The number of ether oxygens (including phenoxy) is 1. The van der Waals surface area contributed by atoms with Crippen molar-refractivity contribution < 1.29 is 9.53 Å². The third-order valence-electron chi connectivity index (χ3n) is 4.93. The molecule has 0 spiro atoms. The minimum atomic E-state index is 0.161. The number of halogens is 1. The van der Waals surface area contributed by atoms with Crippen molar-refractivity contribution in [3.63, 3.8) is 0 Å². The van der Waals surface area contributed by atoms with Crippen LogP contribution in [0.2, 0.25) is 0 Å². The van der Waals surface area contributed by atoms with Gasteiger partial charge in [-0.1, -0.05) is 0 Å². The molecule has 0 saturated carbocycles. The summed E-state index contributed by atoms with van der Waals surface area (Å²) < 4.78 is 8.08. The van der Waals surface area contributed by atoms with Gasteiger partial charge in [0.2, 0.25) is 11.9 Å². The van der Waals surface area contributed by atoms with Crippen LogP contribution in [0.25, 0.3) is 0 Å². The first-order valence-electron chi connectivity index (χ1n) is 10.5. The molecule has 2 aromatic heterocycles. The van der Waals surface area contributed by atoms with E-state index in [0.29, 0.717) is 51.0 Å². The zero-order valence-corrected chi connectivity index (χ0v) is 20.0. The molecule has 2 aromatic rings. The van der Waals surface area contributed by atoms with Crippen molar-refractivity contribution in [3.05, 3.63) is 22.6 Å². The molecule has 11 heteroatoms. The van der Waals surface area contributed by atoms with Crippen molar-refractivity contribution in [3.8, 4) is 0 Å². The average molecular weight is 495 g/mol. The summed E-state index contributed by atoms with van der Waals surface area (Å²) in [5.74, 6) is 1.37. The van der Waals surface area contributed by atoms with E-state index in [1.54, 1.807) is 6.20 Å². The number of likely N-dealkylation sites (N-methyl/N-ethyl adjacent to an activating group) is 1. The molecule has 0 atom stereocenters. The minimum absolute atomic E-state index is 0.161. The molecule has 1 fully saturated rings. The van der Waals surface area contributed by atoms with Gasteiger partial charge in [-0.25, -0.2) is 4.98 Å². The smallest absolute Gasteiger partial charge is 0.229 e. The number of rotatable bonds is 10. The highest BCUT2D eigenvalue weighted by atomic mass is 79.9. The molecular weight excluding hydrogens is 464 g/mol. The number of aryl methyl sites for hydroxylation is 1. The fourth-order valence-electron chi connectivity index (χ4n) is 3.16. The van der Waals surface area contributed by atoms with Crippen LogP contribution in [0.4, 0.5) is 17.5 Å². The van der Waals surface area contributed by atoms with Gasteiger partial charge in [-0.2, -0.15) is 10.1 Å². The van der Waals surface area contributed by atoms with Gasteiger partial charge in [0.15, 0.2) is 0 Å². The first-order chi connectivity index (χ1) is 14.9. The Labute approximate surface area is 191 Å². The fourth-order valence-corrected chi connectivity index (χ4v) is 3.49. The van der Waals surface area contributed by atoms with Crippen LogP contribution in [0.5, 0.6) is 0 Å². The fraction of sp³-hybridized carbons (Fsp3) is 0.600. The Kier molecular flexibility index (Phi) is 8.61. The Bertz CT molecular complexity index is 873. The zero-order valence-electron chi connectivity index (χ0n) is 18.4. The van der Waals surface area contributed by atoms with Crippen molar-refractivity contribution >= 4 is 39.3 Å². The predicted molar refractivity (Wildman–Crippen MR) is 124 cm³/mol. The van der Waals surface area contributed by atoms with Crippen molar-refractivity contribution in [1.82, 2.24) is 29.5 Å². The second kappa shape index (κ2) is 11.4. The minimum Gasteiger partial charge on any atom is -0.379 e. The van der Waals surface area contributed by atoms with Gasteiger partial charge in [-0.3, -0.25) is 9.48 Å². The second-order valence-corrected chi connectivity index (χ2v) is 8.59. The third kappa shape index (κ3) is 7.15. The molecule has 0 bridgehead atoms. The molecule has 0 unspecified atom stereocenters. The highest BCUT2D eigenvalue weighted by molar-refractivity contribution is 9.10. The third-order valence-corrected chi connectivity index (χ3v) is 5.51. The molecule has 0 aliphatic carbocycles. The van der Waals surface area contributed by atoms with E-state index >= 15 is 0 Å². The van der Waals surface area contributed by atoms with E-state index in [0.717, 1.165) is 35.4 Å². The van der Waals surface area contributed by atoms with Crippen LogP contribution in [-0.2, 0) is 16.1 Å². The molecule has 0 radical (unpaired) electrons. The number of anilines is 3. The summed E-state index contributed by atoms with van der Waals surface area (Å²) in [6.45, 7) is 6.87. The number of amides is 1. The molecule has 3 rings (SSSR count). The van der Waals surface area contributed by atoms with E-state index in [4.69, 9.17) is 4.74 Å². The Morgan fingerprint density at radius 1 is 1.29 bits per heavy atom. The monoisotopic (exact) mass is 494 g/mol. The lowest BCUT2D eigenvalue weighted by atomic mass is 10.3. The van der Waals surface area contributed by atoms with Gasteiger partial charge in [0.25, 0.3) is 0 Å². The van der Waals surface area contributed by atoms with E-state index in [1.165, 1.54) is 0 Å². The molecule has 3 heterocycles. The lowest BCUT2D eigenvalue weighted by Crippen LogP contribution is -2.33. The summed E-state index contributed by atoms with van der Waals surface area (Å²) >= 11 is 3.50. The molecule has 170 valence electrons. The summed E-state index contributed by atoms with van der Waals surface area (Å²) in [5.41, 5.74) is 1.78. The van der Waals surface area contributed by atoms with Gasteiger partial charge in [0.05, 0.1) is 42.0 Å². The number of nitrogens with one attached hydrogen (secondary N) is 2. The van der Waals surface area contributed by atoms with Gasteiger partial charge in [0, 0.05) is 38.6 Å². The first kappa shape index (κ1) is 23.4. The summed E-state index contributed by atoms with van der Waals surface area (Å²) in [6, 6.07) is 0. The lowest BCUT2D eigenvalue weighted by molar-refractivity contribution is -0.130. The quantitative estimate of drug-likeness (QED) is 0.484. The van der Waals surface area contributed by atoms with E-state index in [2.05, 4.69) is 46.5 Å². The summed E-state index contributed by atoms with van der Waals surface area (Å²) in [6.07, 6.45) is 4.98. The highest BCUT2D eigenvalue weighted by Gasteiger charge is 2.16. The highest BCUT2D eigenvalue weighted by Crippen LogP contribution is 2.23. The molecule has 2 N–H and O–H groups in total. The topological polar surface area (TPSA) is 100 Å². The largest absolute Gasteiger partial charge is 0.379 e. The van der Waals surface area contributed by atoms with Crippen molar-refractivity contribution in [2.45, 2.75) is 26.3 Å². The van der Waals surface area contributed by atoms with E-state index in [-0.39, 0.29) is 5.91 Å². The Balaban J connectivity index is 1.53. The first-order valence-corrected chi connectivity index (χ1v) is 11.3. The zero-order chi connectivity index (χ0) is 22.2. The molecule has 0 aromatic carbocycles. The summed E-state index contributed by atoms with van der Waals surface area (Å²) in [7, 11) is 4.08. The van der Waals surface area contributed by atoms with E-state index in [9.17, 15) is 4.79 Å². The van der Waals surface area contributed by atoms with Gasteiger partial charge in [0.1, 0.15) is 5.82 Å². The second-order valence-electron chi connectivity index (χ2n) is 7.73. The van der Waals surface area contributed by atoms with Crippen LogP contribution in [0.1, 0.15) is 18.5 Å². The van der Waals surface area contributed by atoms with Crippen LogP contribution in [-0.4, -0.2) is 88.9 Å². The van der Waals surface area contributed by atoms with Gasteiger partial charge in [-0.05, 0) is 43.4 Å². The SMILES string of the molecule is Cc1nn(CCN(C)C)cc1Nc1ncc(Br)c(NCCCN2CCOCCC2=O)n1. The van der Waals surface area contributed by atoms with Crippen molar-refractivity contribution in [1.29, 1.82) is 0 Å². The molecular formula is C20H31BrN8O2. The van der Waals surface area contributed by atoms with Crippen LogP contribution in [0.3, 0.4) is 0 Å². The van der Waals surface area contributed by atoms with Crippen LogP contribution >= 0.6 is 15.9 Å². The van der Waals surface area contributed by atoms with Crippen LogP contribution in [0.15, 0.2) is 16.9 Å². The number of carbonyl (C=O) groups excluding carboxylic acids is 1. The van der Waals surface area contributed by atoms with Crippen LogP contribution < -0.4 is 10.6 Å². The Morgan fingerprint density at radius 2 is 2.13 bits per heavy atom. The maximum Gasteiger partial charge on any atom is 0.229 e. The maximum absolute atomic E-state index is 12.0. The summed E-state index contributed by atoms with van der Waals surface area (Å²) in [4.78, 5) is 25.0. The molecule has 1 amide bonds.